The van der Waals surface area contributed by atoms with Crippen molar-refractivity contribution >= 4 is 5.91 Å². The van der Waals surface area contributed by atoms with Gasteiger partial charge in [0.15, 0.2) is 6.23 Å². The standard InChI is InChI=1S/C16H29NO6/c1-9(2)5-4-6-10(3)7-12(20)17-16-14(22)13(21)15(23-16)11(19)8-18/h5,10-11,13-16,18-19,21-22H,4,6-8H2,1-3H3,(H,17,20)/t10?,11-,13-,14-,15+,16+/m1/s1. The molecule has 1 heterocycles. The highest BCUT2D eigenvalue weighted by Gasteiger charge is 2.46. The molecule has 0 aliphatic carbocycles. The van der Waals surface area contributed by atoms with Crippen molar-refractivity contribution in [3.05, 3.63) is 11.6 Å². The van der Waals surface area contributed by atoms with Crippen LogP contribution in [0.4, 0.5) is 0 Å². The molecule has 1 fully saturated rings. The zero-order valence-electron chi connectivity index (χ0n) is 14.0. The first-order valence-corrected chi connectivity index (χ1v) is 7.99. The molecule has 1 saturated heterocycles. The monoisotopic (exact) mass is 331 g/mol. The lowest BCUT2D eigenvalue weighted by atomic mass is 10.0. The highest BCUT2D eigenvalue weighted by atomic mass is 16.6. The van der Waals surface area contributed by atoms with Gasteiger partial charge in [-0.1, -0.05) is 18.6 Å². The second-order valence-electron chi connectivity index (χ2n) is 6.49. The Bertz CT molecular complexity index is 409. The highest BCUT2D eigenvalue weighted by molar-refractivity contribution is 5.76. The van der Waals surface area contributed by atoms with Crippen LogP contribution < -0.4 is 5.32 Å². The van der Waals surface area contributed by atoms with Crippen molar-refractivity contribution in [3.63, 3.8) is 0 Å². The van der Waals surface area contributed by atoms with Gasteiger partial charge in [-0.2, -0.15) is 0 Å². The lowest BCUT2D eigenvalue weighted by molar-refractivity contribution is -0.130. The third kappa shape index (κ3) is 6.19. The molecule has 1 aliphatic rings. The normalized spacial score (nSPS) is 29.9. The van der Waals surface area contributed by atoms with Crippen LogP contribution in [-0.2, 0) is 9.53 Å². The molecule has 0 saturated carbocycles. The molecular formula is C16H29NO6. The molecule has 0 radical (unpaired) electrons. The number of amides is 1. The van der Waals surface area contributed by atoms with Gasteiger partial charge < -0.3 is 30.5 Å². The van der Waals surface area contributed by atoms with E-state index in [0.717, 1.165) is 12.8 Å². The van der Waals surface area contributed by atoms with Crippen molar-refractivity contribution in [2.45, 2.75) is 70.7 Å². The molecule has 7 heteroatoms. The predicted octanol–water partition coefficient (Wildman–Crippen LogP) is -0.325. The molecule has 0 aromatic rings. The number of carbonyl (C=O) groups excluding carboxylic acids is 1. The highest BCUT2D eigenvalue weighted by Crippen LogP contribution is 2.23. The van der Waals surface area contributed by atoms with E-state index >= 15 is 0 Å². The Morgan fingerprint density at radius 3 is 2.52 bits per heavy atom. The maximum absolute atomic E-state index is 12.0. The molecular weight excluding hydrogens is 302 g/mol. The zero-order valence-corrected chi connectivity index (χ0v) is 14.0. The molecule has 7 nitrogen and oxygen atoms in total. The SMILES string of the molecule is CC(C)=CCCC(C)CC(=O)N[C@H]1O[C@@H]([C@H](O)CO)[C@H](O)[C@H]1O. The summed E-state index contributed by atoms with van der Waals surface area (Å²) in [5.41, 5.74) is 1.24. The minimum absolute atomic E-state index is 0.174. The van der Waals surface area contributed by atoms with E-state index < -0.39 is 37.3 Å². The number of aliphatic hydroxyl groups is 4. The van der Waals surface area contributed by atoms with Crippen LogP contribution in [0.3, 0.4) is 0 Å². The molecule has 134 valence electrons. The molecule has 1 aliphatic heterocycles. The molecule has 0 bridgehead atoms. The Morgan fingerprint density at radius 2 is 1.96 bits per heavy atom. The van der Waals surface area contributed by atoms with Gasteiger partial charge in [0.2, 0.25) is 5.91 Å². The van der Waals surface area contributed by atoms with E-state index in [1.165, 1.54) is 5.57 Å². The third-order valence-electron chi connectivity index (χ3n) is 3.92. The topological polar surface area (TPSA) is 119 Å². The number of aliphatic hydroxyl groups excluding tert-OH is 4. The van der Waals surface area contributed by atoms with Crippen molar-refractivity contribution < 1.29 is 30.0 Å². The molecule has 23 heavy (non-hydrogen) atoms. The average Bonchev–Trinajstić information content (AvgIpc) is 2.74. The van der Waals surface area contributed by atoms with Crippen LogP contribution in [0, 0.1) is 5.92 Å². The van der Waals surface area contributed by atoms with Gasteiger partial charge in [-0.05, 0) is 32.6 Å². The summed E-state index contributed by atoms with van der Waals surface area (Å²) < 4.78 is 5.25. The fourth-order valence-electron chi connectivity index (χ4n) is 2.54. The first-order valence-electron chi connectivity index (χ1n) is 7.99. The maximum Gasteiger partial charge on any atom is 0.222 e. The van der Waals surface area contributed by atoms with Crippen molar-refractivity contribution in [1.29, 1.82) is 0 Å². The summed E-state index contributed by atoms with van der Waals surface area (Å²) in [4.78, 5) is 12.0. The number of carbonyl (C=O) groups is 1. The van der Waals surface area contributed by atoms with Crippen LogP contribution in [0.1, 0.15) is 40.0 Å². The summed E-state index contributed by atoms with van der Waals surface area (Å²) in [5.74, 6) is -0.113. The summed E-state index contributed by atoms with van der Waals surface area (Å²) in [5, 5.41) is 40.6. The van der Waals surface area contributed by atoms with Crippen LogP contribution in [-0.4, -0.2) is 63.6 Å². The van der Waals surface area contributed by atoms with Crippen molar-refractivity contribution in [2.75, 3.05) is 6.61 Å². The van der Waals surface area contributed by atoms with Crippen molar-refractivity contribution in [1.82, 2.24) is 5.32 Å². The van der Waals surface area contributed by atoms with E-state index in [1.54, 1.807) is 0 Å². The summed E-state index contributed by atoms with van der Waals surface area (Å²) in [6, 6.07) is 0. The lowest BCUT2D eigenvalue weighted by Crippen LogP contribution is -2.44. The van der Waals surface area contributed by atoms with Crippen molar-refractivity contribution in [2.24, 2.45) is 5.92 Å². The van der Waals surface area contributed by atoms with E-state index in [-0.39, 0.29) is 18.2 Å². The lowest BCUT2D eigenvalue weighted by Gasteiger charge is -2.19. The molecule has 0 aromatic heterocycles. The number of hydrogen-bond donors (Lipinski definition) is 5. The Morgan fingerprint density at radius 1 is 1.30 bits per heavy atom. The summed E-state index contributed by atoms with van der Waals surface area (Å²) in [6.45, 7) is 5.42. The Kier molecular flexibility index (Phi) is 8.15. The Hall–Kier alpha value is -0.990. The van der Waals surface area contributed by atoms with E-state index in [0.29, 0.717) is 0 Å². The Balaban J connectivity index is 2.43. The minimum Gasteiger partial charge on any atom is -0.394 e. The van der Waals surface area contributed by atoms with Gasteiger partial charge >= 0.3 is 0 Å². The zero-order chi connectivity index (χ0) is 17.6. The molecule has 5 N–H and O–H groups in total. The second kappa shape index (κ2) is 9.34. The minimum atomic E-state index is -1.36. The van der Waals surface area contributed by atoms with Crippen LogP contribution in [0.2, 0.25) is 0 Å². The van der Waals surface area contributed by atoms with Crippen LogP contribution in [0.5, 0.6) is 0 Å². The van der Waals surface area contributed by atoms with Crippen molar-refractivity contribution in [3.8, 4) is 0 Å². The van der Waals surface area contributed by atoms with Gasteiger partial charge in [0.25, 0.3) is 0 Å². The van der Waals surface area contributed by atoms with E-state index in [4.69, 9.17) is 9.84 Å². The van der Waals surface area contributed by atoms with Gasteiger partial charge in [0.1, 0.15) is 24.4 Å². The van der Waals surface area contributed by atoms with Gasteiger partial charge in [-0.3, -0.25) is 4.79 Å². The van der Waals surface area contributed by atoms with E-state index in [9.17, 15) is 20.1 Å². The number of hydrogen-bond acceptors (Lipinski definition) is 6. The third-order valence-corrected chi connectivity index (χ3v) is 3.92. The average molecular weight is 331 g/mol. The van der Waals surface area contributed by atoms with Crippen LogP contribution in [0.25, 0.3) is 0 Å². The molecule has 1 amide bonds. The number of ether oxygens (including phenoxy) is 1. The largest absolute Gasteiger partial charge is 0.394 e. The van der Waals surface area contributed by atoms with Crippen LogP contribution >= 0.6 is 0 Å². The van der Waals surface area contributed by atoms with E-state index in [2.05, 4.69) is 11.4 Å². The molecule has 0 aromatic carbocycles. The second-order valence-corrected chi connectivity index (χ2v) is 6.49. The number of nitrogens with one attached hydrogen (secondary N) is 1. The quantitative estimate of drug-likeness (QED) is 0.389. The summed E-state index contributed by atoms with van der Waals surface area (Å²) >= 11 is 0. The Labute approximate surface area is 137 Å². The predicted molar refractivity (Wildman–Crippen MR) is 84.4 cm³/mol. The first kappa shape index (κ1) is 20.1. The molecule has 0 spiro atoms. The smallest absolute Gasteiger partial charge is 0.222 e. The van der Waals surface area contributed by atoms with E-state index in [1.807, 2.05) is 20.8 Å². The van der Waals surface area contributed by atoms with Gasteiger partial charge in [0, 0.05) is 6.42 Å². The maximum atomic E-state index is 12.0. The molecule has 6 atom stereocenters. The number of allylic oxidation sites excluding steroid dienone is 2. The van der Waals surface area contributed by atoms with Crippen LogP contribution in [0.15, 0.2) is 11.6 Å². The molecule has 1 unspecified atom stereocenters. The van der Waals surface area contributed by atoms with Gasteiger partial charge in [-0.25, -0.2) is 0 Å². The first-order chi connectivity index (χ1) is 10.8. The summed E-state index contributed by atoms with van der Waals surface area (Å²) in [6.07, 6.45) is -2.05. The fraction of sp³-hybridized carbons (Fsp3) is 0.812. The van der Waals surface area contributed by atoms with Gasteiger partial charge in [-0.15, -0.1) is 0 Å². The summed E-state index contributed by atoms with van der Waals surface area (Å²) in [7, 11) is 0. The number of rotatable bonds is 8. The molecule has 1 rings (SSSR count). The van der Waals surface area contributed by atoms with Gasteiger partial charge in [0.05, 0.1) is 6.61 Å². The fourth-order valence-corrected chi connectivity index (χ4v) is 2.54.